The zero-order chi connectivity index (χ0) is 14.9. The Morgan fingerprint density at radius 2 is 2.23 bits per heavy atom. The molecule has 0 aliphatic carbocycles. The normalized spacial score (nSPS) is 12.9. The second kappa shape index (κ2) is 5.18. The average Bonchev–Trinajstić information content (AvgIpc) is 3.19. The molecule has 0 fully saturated rings. The number of carbonyl (C=O) groups is 1. The van der Waals surface area contributed by atoms with Crippen LogP contribution in [0.1, 0.15) is 21.5 Å². The van der Waals surface area contributed by atoms with Gasteiger partial charge in [-0.25, -0.2) is 4.79 Å². The Labute approximate surface area is 126 Å². The highest BCUT2D eigenvalue weighted by molar-refractivity contribution is 5.90. The van der Waals surface area contributed by atoms with E-state index in [1.54, 1.807) is 12.3 Å². The lowest BCUT2D eigenvalue weighted by Gasteiger charge is -2.06. The molecule has 0 radical (unpaired) electrons. The number of esters is 1. The molecule has 0 saturated carbocycles. The van der Waals surface area contributed by atoms with E-state index in [2.05, 4.69) is 10.2 Å². The Morgan fingerprint density at radius 3 is 3.18 bits per heavy atom. The first-order chi connectivity index (χ1) is 10.8. The van der Waals surface area contributed by atoms with Crippen LogP contribution in [0.2, 0.25) is 0 Å². The maximum absolute atomic E-state index is 12.1. The van der Waals surface area contributed by atoms with Gasteiger partial charge >= 0.3 is 5.97 Å². The fourth-order valence-corrected chi connectivity index (χ4v) is 2.63. The number of hydrogen-bond donors (Lipinski definition) is 1. The monoisotopic (exact) mass is 294 g/mol. The van der Waals surface area contributed by atoms with Crippen LogP contribution >= 0.6 is 0 Å². The molecule has 1 aliphatic heterocycles. The summed E-state index contributed by atoms with van der Waals surface area (Å²) in [7, 11) is 0. The van der Waals surface area contributed by atoms with Gasteiger partial charge in [0.2, 0.25) is 0 Å². The maximum atomic E-state index is 12.1. The first-order valence-corrected chi connectivity index (χ1v) is 7.14. The van der Waals surface area contributed by atoms with Crippen molar-refractivity contribution in [3.63, 3.8) is 0 Å². The quantitative estimate of drug-likeness (QED) is 0.754. The Bertz CT molecular complexity index is 854. The van der Waals surface area contributed by atoms with Crippen LogP contribution in [-0.4, -0.2) is 22.8 Å². The summed E-state index contributed by atoms with van der Waals surface area (Å²) in [5, 5.41) is 7.87. The van der Waals surface area contributed by atoms with Gasteiger partial charge in [-0.2, -0.15) is 5.10 Å². The lowest BCUT2D eigenvalue weighted by atomic mass is 10.1. The van der Waals surface area contributed by atoms with Gasteiger partial charge in [0.1, 0.15) is 12.4 Å². The Hall–Kier alpha value is -2.82. The smallest absolute Gasteiger partial charge is 0.338 e. The second-order valence-corrected chi connectivity index (χ2v) is 5.29. The van der Waals surface area contributed by atoms with Gasteiger partial charge in [0.25, 0.3) is 0 Å². The summed E-state index contributed by atoms with van der Waals surface area (Å²) in [4.78, 5) is 12.1. The molecule has 0 atom stereocenters. The van der Waals surface area contributed by atoms with Crippen molar-refractivity contribution in [2.24, 2.45) is 0 Å². The third-order valence-electron chi connectivity index (χ3n) is 3.80. The first kappa shape index (κ1) is 12.9. The molecule has 0 saturated heterocycles. The van der Waals surface area contributed by atoms with Gasteiger partial charge in [0, 0.05) is 11.8 Å². The molecule has 2 heterocycles. The van der Waals surface area contributed by atoms with Gasteiger partial charge in [-0.05, 0) is 41.5 Å². The third kappa shape index (κ3) is 2.30. The average molecular weight is 294 g/mol. The van der Waals surface area contributed by atoms with E-state index in [0.29, 0.717) is 12.2 Å². The van der Waals surface area contributed by atoms with Crippen LogP contribution in [0.4, 0.5) is 0 Å². The highest BCUT2D eigenvalue weighted by Crippen LogP contribution is 2.26. The first-order valence-electron chi connectivity index (χ1n) is 7.14. The zero-order valence-corrected chi connectivity index (χ0v) is 11.8. The molecule has 1 aliphatic rings. The largest absolute Gasteiger partial charge is 0.493 e. The highest BCUT2D eigenvalue weighted by Gasteiger charge is 2.15. The van der Waals surface area contributed by atoms with E-state index in [0.717, 1.165) is 34.2 Å². The van der Waals surface area contributed by atoms with E-state index in [1.807, 2.05) is 30.3 Å². The molecule has 1 N–H and O–H groups in total. The number of H-pyrrole nitrogens is 1. The van der Waals surface area contributed by atoms with Crippen LogP contribution < -0.4 is 4.74 Å². The lowest BCUT2D eigenvalue weighted by molar-refractivity contribution is 0.0473. The van der Waals surface area contributed by atoms with E-state index < -0.39 is 0 Å². The minimum atomic E-state index is -0.318. The van der Waals surface area contributed by atoms with Crippen LogP contribution in [-0.2, 0) is 17.8 Å². The third-order valence-corrected chi connectivity index (χ3v) is 3.80. The van der Waals surface area contributed by atoms with Gasteiger partial charge in [0.15, 0.2) is 0 Å². The number of nitrogens with zero attached hydrogens (tertiary/aromatic N) is 1. The van der Waals surface area contributed by atoms with Gasteiger partial charge in [-0.1, -0.05) is 6.07 Å². The van der Waals surface area contributed by atoms with Crippen molar-refractivity contribution in [1.82, 2.24) is 10.2 Å². The number of carbonyl (C=O) groups excluding carboxylic acids is 1. The minimum Gasteiger partial charge on any atom is -0.493 e. The summed E-state index contributed by atoms with van der Waals surface area (Å²) in [5.74, 6) is 0.545. The van der Waals surface area contributed by atoms with Crippen molar-refractivity contribution >= 4 is 16.9 Å². The summed E-state index contributed by atoms with van der Waals surface area (Å²) in [6.07, 6.45) is 2.59. The van der Waals surface area contributed by atoms with Crippen LogP contribution in [0.3, 0.4) is 0 Å². The van der Waals surface area contributed by atoms with Gasteiger partial charge in [-0.3, -0.25) is 5.10 Å². The van der Waals surface area contributed by atoms with Crippen LogP contribution in [0.25, 0.3) is 10.9 Å². The van der Waals surface area contributed by atoms with Crippen molar-refractivity contribution in [2.45, 2.75) is 13.0 Å². The van der Waals surface area contributed by atoms with Crippen LogP contribution in [0, 0.1) is 0 Å². The van der Waals surface area contributed by atoms with E-state index in [4.69, 9.17) is 9.47 Å². The number of hydrogen-bond acceptors (Lipinski definition) is 4. The van der Waals surface area contributed by atoms with Crippen molar-refractivity contribution in [3.8, 4) is 5.75 Å². The molecule has 5 nitrogen and oxygen atoms in total. The number of nitrogens with one attached hydrogen (secondary N) is 1. The molecular formula is C17H14N2O3. The predicted molar refractivity (Wildman–Crippen MR) is 80.9 cm³/mol. The molecule has 110 valence electrons. The molecule has 22 heavy (non-hydrogen) atoms. The lowest BCUT2D eigenvalue weighted by Crippen LogP contribution is -2.05. The molecule has 0 spiro atoms. The van der Waals surface area contributed by atoms with Crippen molar-refractivity contribution in [1.29, 1.82) is 0 Å². The fraction of sp³-hybridized carbons (Fsp3) is 0.176. The van der Waals surface area contributed by atoms with Gasteiger partial charge < -0.3 is 9.47 Å². The summed E-state index contributed by atoms with van der Waals surface area (Å²) in [5.41, 5.74) is 3.53. The summed E-state index contributed by atoms with van der Waals surface area (Å²) in [6, 6.07) is 11.2. The molecule has 0 bridgehead atoms. The van der Waals surface area contributed by atoms with E-state index in [1.165, 1.54) is 0 Å². The van der Waals surface area contributed by atoms with Crippen LogP contribution in [0.15, 0.2) is 42.6 Å². The molecule has 4 rings (SSSR count). The zero-order valence-electron chi connectivity index (χ0n) is 11.8. The number of fused-ring (bicyclic) bond motifs is 2. The van der Waals surface area contributed by atoms with E-state index in [-0.39, 0.29) is 12.6 Å². The predicted octanol–water partition coefficient (Wildman–Crippen LogP) is 2.85. The van der Waals surface area contributed by atoms with Crippen molar-refractivity contribution in [3.05, 3.63) is 59.3 Å². The summed E-state index contributed by atoms with van der Waals surface area (Å²) >= 11 is 0. The van der Waals surface area contributed by atoms with Gasteiger partial charge in [-0.15, -0.1) is 0 Å². The molecule has 1 aromatic heterocycles. The number of aromatic nitrogens is 2. The molecule has 5 heteroatoms. The van der Waals surface area contributed by atoms with E-state index in [9.17, 15) is 4.79 Å². The SMILES string of the molecule is O=C(OCc1ccc2[nH]ncc2c1)c1ccc2c(c1)CCO2. The maximum Gasteiger partial charge on any atom is 0.338 e. The van der Waals surface area contributed by atoms with Crippen molar-refractivity contribution in [2.75, 3.05) is 6.61 Å². The number of ether oxygens (including phenoxy) is 2. The molecule has 3 aromatic rings. The van der Waals surface area contributed by atoms with E-state index >= 15 is 0 Å². The van der Waals surface area contributed by atoms with Gasteiger partial charge in [0.05, 0.1) is 23.9 Å². The topological polar surface area (TPSA) is 64.2 Å². The Morgan fingerprint density at radius 1 is 1.27 bits per heavy atom. The molecular weight excluding hydrogens is 280 g/mol. The minimum absolute atomic E-state index is 0.244. The van der Waals surface area contributed by atoms with Crippen LogP contribution in [0.5, 0.6) is 5.75 Å². The Kier molecular flexibility index (Phi) is 3.04. The standard InChI is InChI=1S/C17H14N2O3/c20-17(13-2-4-16-12(8-13)5-6-21-16)22-10-11-1-3-15-14(7-11)9-18-19-15/h1-4,7-9H,5-6,10H2,(H,18,19). The second-order valence-electron chi connectivity index (χ2n) is 5.29. The molecule has 0 unspecified atom stereocenters. The highest BCUT2D eigenvalue weighted by atomic mass is 16.5. The molecule has 0 amide bonds. The summed E-state index contributed by atoms with van der Waals surface area (Å²) < 4.78 is 10.8. The number of rotatable bonds is 3. The van der Waals surface area contributed by atoms with Crippen molar-refractivity contribution < 1.29 is 14.3 Å². The Balaban J connectivity index is 1.47. The number of aromatic amines is 1. The fourth-order valence-electron chi connectivity index (χ4n) is 2.63. The number of benzene rings is 2. The summed E-state index contributed by atoms with van der Waals surface area (Å²) in [6.45, 7) is 0.923. The molecule has 2 aromatic carbocycles.